The maximum atomic E-state index is 13.3. The number of aryl methyl sites for hydroxylation is 1. The Labute approximate surface area is 207 Å². The second-order valence-electron chi connectivity index (χ2n) is 8.14. The number of rotatable bonds is 4. The van der Waals surface area contributed by atoms with Crippen molar-refractivity contribution in [3.63, 3.8) is 0 Å². The Morgan fingerprint density at radius 3 is 2.69 bits per heavy atom. The maximum Gasteiger partial charge on any atom is 0.252 e. The Hall–Kier alpha value is -4.02. The predicted molar refractivity (Wildman–Crippen MR) is 130 cm³/mol. The fraction of sp³-hybridized carbons (Fsp3) is 0.130. The summed E-state index contributed by atoms with van der Waals surface area (Å²) in [5, 5.41) is 12.2. The van der Waals surface area contributed by atoms with E-state index in [1.54, 1.807) is 35.0 Å². The quantitative estimate of drug-likeness (QED) is 0.384. The van der Waals surface area contributed by atoms with Crippen LogP contribution in [0, 0.1) is 0 Å². The summed E-state index contributed by atoms with van der Waals surface area (Å²) >= 11 is 12.7. The number of aromatic amines is 2. The van der Waals surface area contributed by atoms with Crippen LogP contribution in [-0.4, -0.2) is 39.7 Å². The highest BCUT2D eigenvalue weighted by Crippen LogP contribution is 2.35. The summed E-state index contributed by atoms with van der Waals surface area (Å²) in [6.45, 7) is 0. The molecule has 5 heterocycles. The Bertz CT molecular complexity index is 1670. The second-order valence-corrected chi connectivity index (χ2v) is 8.94. The molecule has 6 rings (SSSR count). The van der Waals surface area contributed by atoms with E-state index in [1.807, 2.05) is 12.1 Å². The van der Waals surface area contributed by atoms with Crippen LogP contribution in [0.4, 0.5) is 0 Å². The average Bonchev–Trinajstić information content (AvgIpc) is 3.59. The molecular weight excluding hydrogens is 491 g/mol. The molecule has 0 fully saturated rings. The van der Waals surface area contributed by atoms with Crippen molar-refractivity contribution in [1.82, 2.24) is 39.7 Å². The molecule has 1 aliphatic rings. The zero-order valence-corrected chi connectivity index (χ0v) is 19.5. The minimum absolute atomic E-state index is 0.166. The molecule has 1 atom stereocenters. The number of hydrogen-bond donors (Lipinski definition) is 2. The molecule has 0 amide bonds. The zero-order chi connectivity index (χ0) is 24.1. The Morgan fingerprint density at radius 1 is 1.03 bits per heavy atom. The summed E-state index contributed by atoms with van der Waals surface area (Å²) in [5.41, 5.74) is 3.96. The summed E-state index contributed by atoms with van der Waals surface area (Å²) in [6, 6.07) is 11.7. The van der Waals surface area contributed by atoms with Crippen LogP contribution in [0.5, 0.6) is 0 Å². The Morgan fingerprint density at radius 2 is 1.91 bits per heavy atom. The third-order valence-corrected chi connectivity index (χ3v) is 6.57. The van der Waals surface area contributed by atoms with Gasteiger partial charge in [-0.1, -0.05) is 23.2 Å². The average molecular weight is 507 g/mol. The SMILES string of the molecule is O=c1ccc(-c2[nH]c([C@@H]3CCc4cc(-c5cc(Cl)ccc5-n5cnnn5)cc(=O)n43)nc2Cl)c[nH]1. The van der Waals surface area contributed by atoms with Crippen molar-refractivity contribution < 1.29 is 0 Å². The van der Waals surface area contributed by atoms with Crippen molar-refractivity contribution in [3.05, 3.63) is 97.4 Å². The van der Waals surface area contributed by atoms with E-state index in [-0.39, 0.29) is 22.3 Å². The third-order valence-electron chi connectivity index (χ3n) is 6.07. The van der Waals surface area contributed by atoms with Crippen molar-refractivity contribution in [2.45, 2.75) is 18.9 Å². The van der Waals surface area contributed by atoms with Gasteiger partial charge in [0.25, 0.3) is 5.56 Å². The normalized spacial score (nSPS) is 14.9. The highest BCUT2D eigenvalue weighted by Gasteiger charge is 2.29. The van der Waals surface area contributed by atoms with Crippen LogP contribution in [0.1, 0.15) is 24.0 Å². The van der Waals surface area contributed by atoms with Gasteiger partial charge in [-0.2, -0.15) is 4.68 Å². The molecule has 0 spiro atoms. The lowest BCUT2D eigenvalue weighted by molar-refractivity contribution is 0.572. The van der Waals surface area contributed by atoms with Crippen molar-refractivity contribution in [2.24, 2.45) is 0 Å². The van der Waals surface area contributed by atoms with Crippen LogP contribution < -0.4 is 11.1 Å². The second kappa shape index (κ2) is 8.33. The largest absolute Gasteiger partial charge is 0.339 e. The topological polar surface area (TPSA) is 127 Å². The van der Waals surface area contributed by atoms with Crippen LogP contribution >= 0.6 is 23.2 Å². The maximum absolute atomic E-state index is 13.3. The highest BCUT2D eigenvalue weighted by atomic mass is 35.5. The Balaban J connectivity index is 1.41. The molecule has 0 unspecified atom stereocenters. The third kappa shape index (κ3) is 3.76. The highest BCUT2D eigenvalue weighted by molar-refractivity contribution is 6.32. The standard InChI is InChI=1S/C23H16Cl2N8O2/c24-14-2-4-17(32-11-27-30-31-32)16(9-14)13-7-15-3-5-18(33(15)20(35)8-13)23-28-21(22(25)29-23)12-1-6-19(34)26-10-12/h1-2,4,6-11,18H,3,5H2,(H,26,34)(H,28,29)/t18-/m0/s1. The lowest BCUT2D eigenvalue weighted by atomic mass is 10.0. The molecule has 174 valence electrons. The first kappa shape index (κ1) is 21.5. The lowest BCUT2D eigenvalue weighted by Crippen LogP contribution is -2.24. The van der Waals surface area contributed by atoms with Crippen LogP contribution in [0.25, 0.3) is 28.1 Å². The zero-order valence-electron chi connectivity index (χ0n) is 17.9. The van der Waals surface area contributed by atoms with Crippen molar-refractivity contribution in [1.29, 1.82) is 0 Å². The number of nitrogens with one attached hydrogen (secondary N) is 2. The van der Waals surface area contributed by atoms with Crippen molar-refractivity contribution in [2.75, 3.05) is 0 Å². The minimum Gasteiger partial charge on any atom is -0.339 e. The van der Waals surface area contributed by atoms with E-state index in [2.05, 4.69) is 30.5 Å². The number of tetrazole rings is 1. The predicted octanol–water partition coefficient (Wildman–Crippen LogP) is 3.41. The summed E-state index contributed by atoms with van der Waals surface area (Å²) in [6.07, 6.45) is 4.42. The fourth-order valence-corrected chi connectivity index (χ4v) is 4.92. The molecule has 5 aromatic rings. The first-order valence-electron chi connectivity index (χ1n) is 10.7. The molecule has 1 aromatic carbocycles. The smallest absolute Gasteiger partial charge is 0.252 e. The van der Waals surface area contributed by atoms with E-state index in [9.17, 15) is 9.59 Å². The number of aromatic nitrogens is 8. The molecule has 1 aliphatic heterocycles. The molecule has 0 aliphatic carbocycles. The molecule has 2 N–H and O–H groups in total. The molecule has 0 bridgehead atoms. The van der Waals surface area contributed by atoms with Gasteiger partial charge in [0.1, 0.15) is 12.2 Å². The molecule has 12 heteroatoms. The van der Waals surface area contributed by atoms with E-state index in [0.717, 1.165) is 16.8 Å². The number of hydrogen-bond acceptors (Lipinski definition) is 6. The van der Waals surface area contributed by atoms with Gasteiger partial charge in [0.15, 0.2) is 5.15 Å². The van der Waals surface area contributed by atoms with E-state index in [1.165, 1.54) is 17.1 Å². The van der Waals surface area contributed by atoms with E-state index >= 15 is 0 Å². The van der Waals surface area contributed by atoms with Gasteiger partial charge in [-0.3, -0.25) is 9.59 Å². The lowest BCUT2D eigenvalue weighted by Gasteiger charge is -2.15. The number of benzene rings is 1. The van der Waals surface area contributed by atoms with Crippen molar-refractivity contribution in [3.8, 4) is 28.1 Å². The van der Waals surface area contributed by atoms with Crippen LogP contribution in [0.15, 0.2) is 64.6 Å². The van der Waals surface area contributed by atoms with Gasteiger partial charge < -0.3 is 14.5 Å². The van der Waals surface area contributed by atoms with E-state index < -0.39 is 0 Å². The number of nitrogens with zero attached hydrogens (tertiary/aromatic N) is 6. The van der Waals surface area contributed by atoms with Crippen molar-refractivity contribution >= 4 is 23.2 Å². The number of imidazole rings is 1. The number of pyridine rings is 2. The minimum atomic E-state index is -0.293. The summed E-state index contributed by atoms with van der Waals surface area (Å²) in [4.78, 5) is 35.1. The van der Waals surface area contributed by atoms with Gasteiger partial charge in [-0.25, -0.2) is 4.98 Å². The molecule has 4 aromatic heterocycles. The van der Waals surface area contributed by atoms with Gasteiger partial charge >= 0.3 is 0 Å². The molecule has 10 nitrogen and oxygen atoms in total. The van der Waals surface area contributed by atoms with Gasteiger partial charge in [0, 0.05) is 40.2 Å². The summed E-state index contributed by atoms with van der Waals surface area (Å²) in [7, 11) is 0. The summed E-state index contributed by atoms with van der Waals surface area (Å²) < 4.78 is 3.26. The van der Waals surface area contributed by atoms with Crippen LogP contribution in [0.3, 0.4) is 0 Å². The first-order valence-corrected chi connectivity index (χ1v) is 11.5. The molecule has 0 saturated heterocycles. The molecule has 0 saturated carbocycles. The fourth-order valence-electron chi connectivity index (χ4n) is 4.50. The van der Waals surface area contributed by atoms with E-state index in [4.69, 9.17) is 23.2 Å². The first-order chi connectivity index (χ1) is 17.0. The molecular formula is C23H16Cl2N8O2. The van der Waals surface area contributed by atoms with Crippen LogP contribution in [-0.2, 0) is 6.42 Å². The number of fused-ring (bicyclic) bond motifs is 1. The number of H-pyrrole nitrogens is 2. The van der Waals surface area contributed by atoms with Gasteiger partial charge in [0.05, 0.1) is 17.4 Å². The van der Waals surface area contributed by atoms with Gasteiger partial charge in [-0.05, 0) is 59.2 Å². The Kier molecular flexibility index (Phi) is 5.12. The monoisotopic (exact) mass is 506 g/mol. The molecule has 0 radical (unpaired) electrons. The van der Waals surface area contributed by atoms with Gasteiger partial charge in [0.2, 0.25) is 5.56 Å². The molecule has 35 heavy (non-hydrogen) atoms. The van der Waals surface area contributed by atoms with Crippen LogP contribution in [0.2, 0.25) is 10.2 Å². The van der Waals surface area contributed by atoms with E-state index in [0.29, 0.717) is 40.6 Å². The summed E-state index contributed by atoms with van der Waals surface area (Å²) in [5.74, 6) is 0.585. The number of halogens is 2. The van der Waals surface area contributed by atoms with Gasteiger partial charge in [-0.15, -0.1) is 5.10 Å².